The van der Waals surface area contributed by atoms with Crippen LogP contribution in [0.1, 0.15) is 135 Å². The third kappa shape index (κ3) is 12.6. The van der Waals surface area contributed by atoms with Crippen LogP contribution in [0.2, 0.25) is 0 Å². The van der Waals surface area contributed by atoms with E-state index in [0.717, 1.165) is 24.0 Å². The van der Waals surface area contributed by atoms with Crippen molar-refractivity contribution < 1.29 is 19.1 Å². The fourth-order valence-electron chi connectivity index (χ4n) is 4.60. The summed E-state index contributed by atoms with van der Waals surface area (Å²) in [6.45, 7) is 8.53. The molecule has 0 fully saturated rings. The molecule has 0 aliphatic heterocycles. The van der Waals surface area contributed by atoms with E-state index < -0.39 is 17.4 Å². The number of esters is 2. The quantitative estimate of drug-likeness (QED) is 0.0985. The number of hydrogen-bond acceptors (Lipinski definition) is 4. The Morgan fingerprint density at radius 3 is 1.66 bits per heavy atom. The highest BCUT2D eigenvalue weighted by Crippen LogP contribution is 2.31. The molecule has 200 valence electrons. The van der Waals surface area contributed by atoms with E-state index in [0.29, 0.717) is 19.4 Å². The summed E-state index contributed by atoms with van der Waals surface area (Å²) in [6.07, 6.45) is 18.8. The summed E-state index contributed by atoms with van der Waals surface area (Å²) >= 11 is 0. The molecule has 0 unspecified atom stereocenters. The lowest BCUT2D eigenvalue weighted by Crippen LogP contribution is -2.41. The number of aryl methyl sites for hydroxylation is 1. The molecule has 0 aliphatic rings. The molecule has 35 heavy (non-hydrogen) atoms. The minimum Gasteiger partial charge on any atom is -0.465 e. The van der Waals surface area contributed by atoms with Crippen molar-refractivity contribution in [1.29, 1.82) is 0 Å². The molecular formula is C31H52O4. The van der Waals surface area contributed by atoms with Crippen molar-refractivity contribution in [3.63, 3.8) is 0 Å². The summed E-state index contributed by atoms with van der Waals surface area (Å²) in [7, 11) is 0. The Bertz CT molecular complexity index is 693. The highest BCUT2D eigenvalue weighted by molar-refractivity contribution is 5.99. The van der Waals surface area contributed by atoms with Crippen LogP contribution in [0.15, 0.2) is 24.3 Å². The van der Waals surface area contributed by atoms with Gasteiger partial charge in [-0.05, 0) is 31.7 Å². The zero-order chi connectivity index (χ0) is 25.8. The number of carbonyl (C=O) groups excluding carboxylic acids is 2. The zero-order valence-electron chi connectivity index (χ0n) is 23.2. The molecule has 0 aliphatic carbocycles. The Balaban J connectivity index is 2.17. The number of rotatable bonds is 21. The van der Waals surface area contributed by atoms with Crippen molar-refractivity contribution in [3.05, 3.63) is 35.4 Å². The van der Waals surface area contributed by atoms with Gasteiger partial charge in [0, 0.05) is 0 Å². The molecule has 0 N–H and O–H groups in total. The molecule has 1 rings (SSSR count). The smallest absolute Gasteiger partial charge is 0.323 e. The average molecular weight is 489 g/mol. The van der Waals surface area contributed by atoms with Gasteiger partial charge in [0.15, 0.2) is 5.41 Å². The molecule has 0 spiro atoms. The Labute approximate surface area is 215 Å². The summed E-state index contributed by atoms with van der Waals surface area (Å²) in [5.74, 6) is -0.915. The van der Waals surface area contributed by atoms with Crippen molar-refractivity contribution in [3.8, 4) is 0 Å². The van der Waals surface area contributed by atoms with Crippen molar-refractivity contribution in [2.24, 2.45) is 5.41 Å². The molecule has 0 bridgehead atoms. The Kier molecular flexibility index (Phi) is 17.3. The van der Waals surface area contributed by atoms with E-state index in [9.17, 15) is 9.59 Å². The molecule has 0 amide bonds. The molecule has 0 atom stereocenters. The van der Waals surface area contributed by atoms with E-state index in [1.54, 1.807) is 0 Å². The van der Waals surface area contributed by atoms with Gasteiger partial charge >= 0.3 is 11.9 Å². The summed E-state index contributed by atoms with van der Waals surface area (Å²) < 4.78 is 11.1. The van der Waals surface area contributed by atoms with E-state index in [-0.39, 0.29) is 6.61 Å². The van der Waals surface area contributed by atoms with Crippen LogP contribution in [0.4, 0.5) is 0 Å². The SMILES string of the molecule is CCCCCCCCCCCCCCCCOC(=O)C(CC)(CC)C(=O)OCc1cccc(C)c1. The van der Waals surface area contributed by atoms with Gasteiger partial charge in [0.2, 0.25) is 0 Å². The second-order valence-electron chi connectivity index (χ2n) is 10.1. The second kappa shape index (κ2) is 19.4. The lowest BCUT2D eigenvalue weighted by atomic mass is 9.82. The minimum absolute atomic E-state index is 0.175. The normalized spacial score (nSPS) is 11.4. The molecule has 0 aromatic heterocycles. The standard InChI is InChI=1S/C31H52O4/c1-5-8-9-10-11-12-13-14-15-16-17-18-19-20-24-34-29(32)31(6-2,7-3)30(33)35-26-28-23-21-22-27(4)25-28/h21-23,25H,5-20,24,26H2,1-4H3. The maximum absolute atomic E-state index is 12.9. The van der Waals surface area contributed by atoms with Crippen molar-refractivity contribution in [1.82, 2.24) is 0 Å². The van der Waals surface area contributed by atoms with Crippen LogP contribution in [0.5, 0.6) is 0 Å². The summed E-state index contributed by atoms with van der Waals surface area (Å²) in [6, 6.07) is 7.85. The molecule has 1 aromatic rings. The van der Waals surface area contributed by atoms with Crippen LogP contribution in [0.25, 0.3) is 0 Å². The zero-order valence-corrected chi connectivity index (χ0v) is 23.2. The molecule has 4 nitrogen and oxygen atoms in total. The van der Waals surface area contributed by atoms with Gasteiger partial charge in [0.05, 0.1) is 6.61 Å². The van der Waals surface area contributed by atoms with Crippen LogP contribution in [-0.2, 0) is 25.7 Å². The first kappa shape index (κ1) is 31.2. The molecule has 0 saturated heterocycles. The Morgan fingerprint density at radius 2 is 1.17 bits per heavy atom. The van der Waals surface area contributed by atoms with Gasteiger partial charge < -0.3 is 9.47 Å². The van der Waals surface area contributed by atoms with Gasteiger partial charge in [0.25, 0.3) is 0 Å². The molecule has 0 radical (unpaired) electrons. The second-order valence-corrected chi connectivity index (χ2v) is 10.1. The monoisotopic (exact) mass is 488 g/mol. The van der Waals surface area contributed by atoms with Crippen LogP contribution < -0.4 is 0 Å². The highest BCUT2D eigenvalue weighted by atomic mass is 16.6. The Morgan fingerprint density at radius 1 is 0.686 bits per heavy atom. The highest BCUT2D eigenvalue weighted by Gasteiger charge is 2.45. The summed E-state index contributed by atoms with van der Waals surface area (Å²) in [5, 5.41) is 0. The Hall–Kier alpha value is -1.84. The van der Waals surface area contributed by atoms with Gasteiger partial charge in [-0.2, -0.15) is 0 Å². The lowest BCUT2D eigenvalue weighted by molar-refractivity contribution is -0.174. The third-order valence-electron chi connectivity index (χ3n) is 7.17. The minimum atomic E-state index is -1.21. The fraction of sp³-hybridized carbons (Fsp3) is 0.742. The van der Waals surface area contributed by atoms with Crippen molar-refractivity contribution >= 4 is 11.9 Å². The predicted octanol–water partition coefficient (Wildman–Crippen LogP) is 8.87. The number of hydrogen-bond donors (Lipinski definition) is 0. The number of benzene rings is 1. The molecule has 4 heteroatoms. The largest absolute Gasteiger partial charge is 0.465 e. The molecule has 0 saturated carbocycles. The van der Waals surface area contributed by atoms with Gasteiger partial charge in [0.1, 0.15) is 6.61 Å². The first-order valence-corrected chi connectivity index (χ1v) is 14.4. The van der Waals surface area contributed by atoms with Crippen LogP contribution in [-0.4, -0.2) is 18.5 Å². The van der Waals surface area contributed by atoms with Crippen LogP contribution >= 0.6 is 0 Å². The number of ether oxygens (including phenoxy) is 2. The van der Waals surface area contributed by atoms with Gasteiger partial charge in [-0.25, -0.2) is 0 Å². The van der Waals surface area contributed by atoms with E-state index in [2.05, 4.69) is 6.92 Å². The summed E-state index contributed by atoms with van der Waals surface area (Å²) in [5.41, 5.74) is 0.832. The third-order valence-corrected chi connectivity index (χ3v) is 7.17. The first-order valence-electron chi connectivity index (χ1n) is 14.4. The first-order chi connectivity index (χ1) is 17.0. The lowest BCUT2D eigenvalue weighted by Gasteiger charge is -2.27. The van der Waals surface area contributed by atoms with Gasteiger partial charge in [-0.1, -0.05) is 134 Å². The van der Waals surface area contributed by atoms with Crippen molar-refractivity contribution in [2.45, 2.75) is 137 Å². The van der Waals surface area contributed by atoms with Crippen molar-refractivity contribution in [2.75, 3.05) is 6.61 Å². The maximum Gasteiger partial charge on any atom is 0.323 e. The van der Waals surface area contributed by atoms with Gasteiger partial charge in [-0.3, -0.25) is 9.59 Å². The topological polar surface area (TPSA) is 52.6 Å². The molecular weight excluding hydrogens is 436 g/mol. The van der Waals surface area contributed by atoms with E-state index in [1.807, 2.05) is 45.0 Å². The predicted molar refractivity (Wildman–Crippen MR) is 145 cm³/mol. The number of carbonyl (C=O) groups is 2. The molecule has 1 aromatic carbocycles. The fourth-order valence-corrected chi connectivity index (χ4v) is 4.60. The van der Waals surface area contributed by atoms with E-state index in [1.165, 1.54) is 77.0 Å². The van der Waals surface area contributed by atoms with Crippen LogP contribution in [0.3, 0.4) is 0 Å². The summed E-state index contributed by atoms with van der Waals surface area (Å²) in [4.78, 5) is 25.7. The van der Waals surface area contributed by atoms with E-state index in [4.69, 9.17) is 9.47 Å². The molecule has 0 heterocycles. The average Bonchev–Trinajstić information content (AvgIpc) is 2.86. The van der Waals surface area contributed by atoms with E-state index >= 15 is 0 Å². The maximum atomic E-state index is 12.9. The van der Waals surface area contributed by atoms with Gasteiger partial charge in [-0.15, -0.1) is 0 Å². The number of unbranched alkanes of at least 4 members (excludes halogenated alkanes) is 13. The van der Waals surface area contributed by atoms with Crippen LogP contribution in [0, 0.1) is 12.3 Å².